The molecule has 3 aromatic carbocycles. The van der Waals surface area contributed by atoms with Crippen LogP contribution in [0, 0.1) is 0 Å². The van der Waals surface area contributed by atoms with Gasteiger partial charge in [-0.05, 0) is 46.4 Å². The molecule has 0 radical (unpaired) electrons. The molecule has 1 nitrogen and oxygen atoms in total. The van der Waals surface area contributed by atoms with E-state index in [1.807, 2.05) is 23.9 Å². The minimum atomic E-state index is 0.764. The Morgan fingerprint density at radius 1 is 0.800 bits per heavy atom. The van der Waals surface area contributed by atoms with Gasteiger partial charge in [0, 0.05) is 27.4 Å². The first-order valence-corrected chi connectivity index (χ1v) is 9.56. The van der Waals surface area contributed by atoms with E-state index in [0.29, 0.717) is 0 Å². The standard InChI is InChI=1S/C22H18ClNS/c23-17-11-12-19-20(15-17)22(16-7-3-1-4-8-16)24-14-13-21(19)25-18-9-5-2-6-10-18/h1-12,15,24H,13-14H2. The van der Waals surface area contributed by atoms with Gasteiger partial charge in [0.1, 0.15) is 0 Å². The van der Waals surface area contributed by atoms with E-state index in [2.05, 4.69) is 72.0 Å². The van der Waals surface area contributed by atoms with E-state index in [0.717, 1.165) is 23.7 Å². The summed E-state index contributed by atoms with van der Waals surface area (Å²) in [4.78, 5) is 2.64. The zero-order valence-corrected chi connectivity index (χ0v) is 15.3. The molecule has 0 aromatic heterocycles. The van der Waals surface area contributed by atoms with Crippen molar-refractivity contribution in [1.29, 1.82) is 0 Å². The monoisotopic (exact) mass is 363 g/mol. The van der Waals surface area contributed by atoms with E-state index >= 15 is 0 Å². The molecule has 4 rings (SSSR count). The maximum atomic E-state index is 6.33. The van der Waals surface area contributed by atoms with Crippen LogP contribution in [0.2, 0.25) is 5.02 Å². The number of halogens is 1. The summed E-state index contributed by atoms with van der Waals surface area (Å²) in [5.41, 5.74) is 2.35. The van der Waals surface area contributed by atoms with Gasteiger partial charge in [-0.2, -0.15) is 0 Å². The molecule has 1 aliphatic heterocycles. The molecule has 3 heteroatoms. The van der Waals surface area contributed by atoms with E-state index < -0.39 is 0 Å². The molecule has 124 valence electrons. The lowest BCUT2D eigenvalue weighted by molar-refractivity contribution is 0.888. The average Bonchev–Trinajstić information content (AvgIpc) is 2.82. The Labute approximate surface area is 157 Å². The number of benzene rings is 3. The smallest absolute Gasteiger partial charge is 0.0494 e. The lowest BCUT2D eigenvalue weighted by atomic mass is 10.1. The van der Waals surface area contributed by atoms with Gasteiger partial charge in [-0.1, -0.05) is 78.0 Å². The summed E-state index contributed by atoms with van der Waals surface area (Å²) in [7, 11) is 0. The van der Waals surface area contributed by atoms with Crippen molar-refractivity contribution in [2.75, 3.05) is 6.54 Å². The topological polar surface area (TPSA) is 12.0 Å². The fraction of sp³-hybridized carbons (Fsp3) is 0.0909. The zero-order valence-electron chi connectivity index (χ0n) is 13.7. The Morgan fingerprint density at radius 3 is 2.28 bits per heavy atom. The predicted octanol–water partition coefficient (Wildman–Crippen LogP) is 4.39. The van der Waals surface area contributed by atoms with Crippen molar-refractivity contribution < 1.29 is 0 Å². The maximum Gasteiger partial charge on any atom is 0.0494 e. The molecular weight excluding hydrogens is 346 g/mol. The molecule has 0 unspecified atom stereocenters. The number of nitrogens with one attached hydrogen (secondary N) is 1. The first-order valence-electron chi connectivity index (χ1n) is 8.36. The Morgan fingerprint density at radius 2 is 1.52 bits per heavy atom. The maximum absolute atomic E-state index is 6.33. The molecule has 25 heavy (non-hydrogen) atoms. The molecule has 1 aliphatic rings. The molecule has 0 fully saturated rings. The second kappa shape index (κ2) is 7.38. The molecule has 1 heterocycles. The van der Waals surface area contributed by atoms with E-state index in [1.54, 1.807) is 0 Å². The van der Waals surface area contributed by atoms with E-state index in [9.17, 15) is 0 Å². The summed E-state index contributed by atoms with van der Waals surface area (Å²) >= 11 is 8.18. The van der Waals surface area contributed by atoms with Crippen LogP contribution in [0.15, 0.2) is 83.8 Å². The molecule has 3 aromatic rings. The zero-order chi connectivity index (χ0) is 17.1. The van der Waals surface area contributed by atoms with Gasteiger partial charge in [-0.15, -0.1) is 0 Å². The molecular formula is C22H18ClNS. The van der Waals surface area contributed by atoms with E-state index in [1.165, 1.54) is 25.8 Å². The predicted molar refractivity (Wildman–Crippen MR) is 108 cm³/mol. The Balaban J connectivity index is 1.96. The van der Waals surface area contributed by atoms with Crippen LogP contribution in [0.4, 0.5) is 0 Å². The third kappa shape index (κ3) is 3.60. The Hall–Kier alpha value is -2.16. The number of hydrogen-bond donors (Lipinski definition) is 1. The van der Waals surface area contributed by atoms with Crippen molar-refractivity contribution >= 4 is 34.0 Å². The highest BCUT2D eigenvalue weighted by atomic mass is 35.5. The van der Waals surface area contributed by atoms with Gasteiger partial charge in [-0.3, -0.25) is 0 Å². The molecule has 0 aliphatic carbocycles. The molecule has 0 bridgehead atoms. The highest BCUT2D eigenvalue weighted by molar-refractivity contribution is 8.08. The molecule has 0 amide bonds. The second-order valence-corrected chi connectivity index (χ2v) is 7.55. The molecule has 1 N–H and O–H groups in total. The first-order chi connectivity index (χ1) is 12.3. The van der Waals surface area contributed by atoms with Crippen LogP contribution < -0.4 is 15.8 Å². The van der Waals surface area contributed by atoms with Gasteiger partial charge in [0.25, 0.3) is 0 Å². The van der Waals surface area contributed by atoms with Gasteiger partial charge in [0.05, 0.1) is 0 Å². The van der Waals surface area contributed by atoms with Crippen molar-refractivity contribution in [1.82, 2.24) is 5.32 Å². The molecule has 0 saturated carbocycles. The average molecular weight is 364 g/mol. The van der Waals surface area contributed by atoms with Crippen LogP contribution in [-0.2, 0) is 0 Å². The molecule has 0 atom stereocenters. The SMILES string of the molecule is Clc1ccc2c(c1)=C(c1ccccc1)NCCC=2Sc1ccccc1. The van der Waals surface area contributed by atoms with Gasteiger partial charge in [0.15, 0.2) is 0 Å². The van der Waals surface area contributed by atoms with Crippen LogP contribution in [0.25, 0.3) is 10.6 Å². The van der Waals surface area contributed by atoms with Gasteiger partial charge in [0.2, 0.25) is 0 Å². The largest absolute Gasteiger partial charge is 0.384 e. The second-order valence-electron chi connectivity index (χ2n) is 5.95. The molecule has 0 spiro atoms. The highest BCUT2D eigenvalue weighted by Gasteiger charge is 2.12. The van der Waals surface area contributed by atoms with Crippen LogP contribution in [-0.4, -0.2) is 6.54 Å². The van der Waals surface area contributed by atoms with Crippen molar-refractivity contribution in [3.05, 3.63) is 99.9 Å². The number of fused-ring (bicyclic) bond motifs is 1. The highest BCUT2D eigenvalue weighted by Crippen LogP contribution is 2.29. The summed E-state index contributed by atoms with van der Waals surface area (Å²) < 4.78 is 0. The molecule has 0 saturated heterocycles. The first kappa shape index (κ1) is 16.3. The summed E-state index contributed by atoms with van der Waals surface area (Å²) in [5, 5.41) is 6.83. The van der Waals surface area contributed by atoms with Gasteiger partial charge < -0.3 is 5.32 Å². The number of thioether (sulfide) groups is 1. The van der Waals surface area contributed by atoms with E-state index in [-0.39, 0.29) is 0 Å². The van der Waals surface area contributed by atoms with Crippen LogP contribution in [0.5, 0.6) is 0 Å². The number of rotatable bonds is 3. The fourth-order valence-corrected chi connectivity index (χ4v) is 4.34. The van der Waals surface area contributed by atoms with Crippen LogP contribution in [0.1, 0.15) is 12.0 Å². The summed E-state index contributed by atoms with van der Waals surface area (Å²) in [6.45, 7) is 0.908. The van der Waals surface area contributed by atoms with Crippen LogP contribution in [0.3, 0.4) is 0 Å². The van der Waals surface area contributed by atoms with Gasteiger partial charge in [-0.25, -0.2) is 0 Å². The van der Waals surface area contributed by atoms with Crippen molar-refractivity contribution in [2.45, 2.75) is 11.3 Å². The lowest BCUT2D eigenvalue weighted by Crippen LogP contribution is -2.31. The summed E-state index contributed by atoms with van der Waals surface area (Å²) in [6, 6.07) is 27.2. The van der Waals surface area contributed by atoms with Gasteiger partial charge >= 0.3 is 0 Å². The Kier molecular flexibility index (Phi) is 4.82. The Bertz CT molecular complexity index is 997. The van der Waals surface area contributed by atoms with E-state index in [4.69, 9.17) is 11.6 Å². The minimum absolute atomic E-state index is 0.764. The quantitative estimate of drug-likeness (QED) is 0.740. The van der Waals surface area contributed by atoms with Crippen LogP contribution >= 0.6 is 23.4 Å². The van der Waals surface area contributed by atoms with Crippen molar-refractivity contribution in [3.8, 4) is 0 Å². The summed E-state index contributed by atoms with van der Waals surface area (Å²) in [6.07, 6.45) is 0.991. The number of hydrogen-bond acceptors (Lipinski definition) is 2. The summed E-state index contributed by atoms with van der Waals surface area (Å²) in [5.74, 6) is 0. The third-order valence-corrected chi connectivity index (χ3v) is 5.67. The van der Waals surface area contributed by atoms with Crippen molar-refractivity contribution in [2.24, 2.45) is 0 Å². The lowest BCUT2D eigenvalue weighted by Gasteiger charge is -2.09. The third-order valence-electron chi connectivity index (χ3n) is 4.25. The minimum Gasteiger partial charge on any atom is -0.384 e. The van der Waals surface area contributed by atoms with Crippen molar-refractivity contribution in [3.63, 3.8) is 0 Å². The normalized spacial score (nSPS) is 13.8. The fourth-order valence-electron chi connectivity index (χ4n) is 3.10.